The lowest BCUT2D eigenvalue weighted by molar-refractivity contribution is 0.0888. The number of amides is 1. The summed E-state index contributed by atoms with van der Waals surface area (Å²) in [5, 5.41) is 9.62. The van der Waals surface area contributed by atoms with Crippen molar-refractivity contribution in [3.8, 4) is 11.3 Å². The van der Waals surface area contributed by atoms with E-state index in [0.29, 0.717) is 18.2 Å². The second-order valence-electron chi connectivity index (χ2n) is 11.1. The first kappa shape index (κ1) is 26.9. The van der Waals surface area contributed by atoms with E-state index in [0.717, 1.165) is 51.5 Å². The standard InChI is InChI=1S/C30H37BrClN3O/c1-19(2)25-12-13-30(5,16-25)21(4)33-29(36)27-15-28(24-10-11-26(32)20(3)14-24)35(34-27)18-23-8-6-22(17-31)7-9-23/h6-11,14-15,19,21,25H,12-13,16-18H2,1-5H3,(H,33,36). The van der Waals surface area contributed by atoms with Crippen LogP contribution in [-0.2, 0) is 11.9 Å². The smallest absolute Gasteiger partial charge is 0.272 e. The molecule has 6 heteroatoms. The fourth-order valence-corrected chi connectivity index (χ4v) is 5.81. The summed E-state index contributed by atoms with van der Waals surface area (Å²) in [6, 6.07) is 16.4. The molecule has 3 atom stereocenters. The van der Waals surface area contributed by atoms with Crippen LogP contribution >= 0.6 is 27.5 Å². The predicted molar refractivity (Wildman–Crippen MR) is 153 cm³/mol. The molecule has 0 aliphatic heterocycles. The minimum Gasteiger partial charge on any atom is -0.348 e. The van der Waals surface area contributed by atoms with E-state index in [4.69, 9.17) is 16.7 Å². The number of aryl methyl sites for hydroxylation is 1. The number of benzene rings is 2. The van der Waals surface area contributed by atoms with Crippen LogP contribution in [0.4, 0.5) is 0 Å². The van der Waals surface area contributed by atoms with Crippen LogP contribution in [0, 0.1) is 24.2 Å². The topological polar surface area (TPSA) is 46.9 Å². The third kappa shape index (κ3) is 5.89. The van der Waals surface area contributed by atoms with Crippen molar-refractivity contribution in [2.75, 3.05) is 0 Å². The van der Waals surface area contributed by atoms with Gasteiger partial charge < -0.3 is 5.32 Å². The number of aromatic nitrogens is 2. The third-order valence-electron chi connectivity index (χ3n) is 8.13. The van der Waals surface area contributed by atoms with Crippen molar-refractivity contribution in [3.63, 3.8) is 0 Å². The van der Waals surface area contributed by atoms with E-state index >= 15 is 0 Å². The van der Waals surface area contributed by atoms with Crippen LogP contribution in [0.2, 0.25) is 5.02 Å². The zero-order chi connectivity index (χ0) is 26.0. The first-order valence-corrected chi connectivity index (χ1v) is 14.4. The van der Waals surface area contributed by atoms with Gasteiger partial charge in [-0.05, 0) is 85.3 Å². The molecule has 0 saturated heterocycles. The van der Waals surface area contributed by atoms with Crippen molar-refractivity contribution in [2.45, 2.75) is 71.8 Å². The molecule has 0 spiro atoms. The second-order valence-corrected chi connectivity index (χ2v) is 12.1. The Bertz CT molecular complexity index is 1220. The Morgan fingerprint density at radius 2 is 1.86 bits per heavy atom. The maximum Gasteiger partial charge on any atom is 0.272 e. The van der Waals surface area contributed by atoms with E-state index < -0.39 is 0 Å². The fraction of sp³-hybridized carbons (Fsp3) is 0.467. The van der Waals surface area contributed by atoms with Gasteiger partial charge in [-0.15, -0.1) is 0 Å². The van der Waals surface area contributed by atoms with Gasteiger partial charge in [0.1, 0.15) is 0 Å². The molecule has 2 aromatic carbocycles. The minimum atomic E-state index is -0.114. The van der Waals surface area contributed by atoms with Crippen molar-refractivity contribution in [1.82, 2.24) is 15.1 Å². The van der Waals surface area contributed by atoms with Gasteiger partial charge in [0.05, 0.1) is 12.2 Å². The monoisotopic (exact) mass is 569 g/mol. The van der Waals surface area contributed by atoms with Gasteiger partial charge in [-0.3, -0.25) is 9.48 Å². The molecule has 3 aromatic rings. The summed E-state index contributed by atoms with van der Waals surface area (Å²) >= 11 is 9.80. The lowest BCUT2D eigenvalue weighted by Gasteiger charge is -2.32. The highest BCUT2D eigenvalue weighted by Crippen LogP contribution is 2.46. The number of nitrogens with one attached hydrogen (secondary N) is 1. The number of hydrogen-bond acceptors (Lipinski definition) is 2. The molecule has 1 amide bonds. The summed E-state index contributed by atoms with van der Waals surface area (Å²) in [6.07, 6.45) is 3.53. The molecule has 1 aromatic heterocycles. The van der Waals surface area contributed by atoms with Gasteiger partial charge in [-0.1, -0.05) is 78.6 Å². The van der Waals surface area contributed by atoms with Crippen molar-refractivity contribution in [3.05, 3.63) is 75.9 Å². The van der Waals surface area contributed by atoms with Crippen molar-refractivity contribution < 1.29 is 4.79 Å². The Balaban J connectivity index is 1.60. The predicted octanol–water partition coefficient (Wildman–Crippen LogP) is 8.04. The molecule has 1 heterocycles. The molecule has 3 unspecified atom stereocenters. The summed E-state index contributed by atoms with van der Waals surface area (Å²) in [5.74, 6) is 1.29. The molecule has 0 radical (unpaired) electrons. The molecule has 36 heavy (non-hydrogen) atoms. The van der Waals surface area contributed by atoms with Crippen LogP contribution in [0.25, 0.3) is 11.3 Å². The summed E-state index contributed by atoms with van der Waals surface area (Å²) in [5.41, 5.74) is 5.82. The van der Waals surface area contributed by atoms with Crippen molar-refractivity contribution in [1.29, 1.82) is 0 Å². The van der Waals surface area contributed by atoms with Crippen molar-refractivity contribution in [2.24, 2.45) is 17.3 Å². The Hall–Kier alpha value is -2.11. The van der Waals surface area contributed by atoms with E-state index in [1.807, 2.05) is 29.8 Å². The first-order valence-electron chi connectivity index (χ1n) is 12.9. The van der Waals surface area contributed by atoms with Crippen LogP contribution in [0.15, 0.2) is 48.5 Å². The molecule has 192 valence electrons. The molecule has 1 saturated carbocycles. The van der Waals surface area contributed by atoms with Crippen molar-refractivity contribution >= 4 is 33.4 Å². The van der Waals surface area contributed by atoms with E-state index in [2.05, 4.69) is 79.3 Å². The second kappa shape index (κ2) is 11.1. The number of rotatable bonds is 8. The molecule has 4 nitrogen and oxygen atoms in total. The van der Waals surface area contributed by atoms with Gasteiger partial charge in [-0.25, -0.2) is 0 Å². The van der Waals surface area contributed by atoms with Crippen LogP contribution in [0.5, 0.6) is 0 Å². The molecule has 4 rings (SSSR count). The van der Waals surface area contributed by atoms with Crippen LogP contribution in [0.3, 0.4) is 0 Å². The maximum atomic E-state index is 13.4. The lowest BCUT2D eigenvalue weighted by Crippen LogP contribution is -2.43. The van der Waals surface area contributed by atoms with Crippen LogP contribution in [0.1, 0.15) is 74.1 Å². The van der Waals surface area contributed by atoms with E-state index in [1.165, 1.54) is 12.0 Å². The number of nitrogens with zero attached hydrogens (tertiary/aromatic N) is 2. The summed E-state index contributed by atoms with van der Waals surface area (Å²) in [4.78, 5) is 13.4. The van der Waals surface area contributed by atoms with Gasteiger partial charge in [0, 0.05) is 22.0 Å². The zero-order valence-electron chi connectivity index (χ0n) is 21.9. The average molecular weight is 571 g/mol. The summed E-state index contributed by atoms with van der Waals surface area (Å²) in [7, 11) is 0. The van der Waals surface area contributed by atoms with E-state index in [1.54, 1.807) is 0 Å². The Morgan fingerprint density at radius 3 is 2.47 bits per heavy atom. The number of halogens is 2. The molecule has 1 fully saturated rings. The maximum absolute atomic E-state index is 13.4. The Labute approximate surface area is 229 Å². The largest absolute Gasteiger partial charge is 0.348 e. The Kier molecular flexibility index (Phi) is 8.31. The number of carbonyl (C=O) groups excluding carboxylic acids is 1. The number of hydrogen-bond donors (Lipinski definition) is 1. The third-order valence-corrected chi connectivity index (χ3v) is 9.20. The highest BCUT2D eigenvalue weighted by atomic mass is 79.9. The normalized spacial score (nSPS) is 20.6. The van der Waals surface area contributed by atoms with Gasteiger partial charge in [-0.2, -0.15) is 5.10 Å². The molecular formula is C30H37BrClN3O. The number of alkyl halides is 1. The Morgan fingerprint density at radius 1 is 1.17 bits per heavy atom. The van der Waals surface area contributed by atoms with Crippen LogP contribution in [-0.4, -0.2) is 21.7 Å². The lowest BCUT2D eigenvalue weighted by atomic mass is 9.79. The van der Waals surface area contributed by atoms with Gasteiger partial charge in [0.25, 0.3) is 5.91 Å². The highest BCUT2D eigenvalue weighted by molar-refractivity contribution is 9.08. The van der Waals surface area contributed by atoms with E-state index in [9.17, 15) is 4.79 Å². The quantitative estimate of drug-likeness (QED) is 0.279. The molecular weight excluding hydrogens is 534 g/mol. The van der Waals surface area contributed by atoms with E-state index in [-0.39, 0.29) is 17.4 Å². The zero-order valence-corrected chi connectivity index (χ0v) is 24.3. The first-order chi connectivity index (χ1) is 17.1. The molecule has 0 bridgehead atoms. The minimum absolute atomic E-state index is 0.0805. The summed E-state index contributed by atoms with van der Waals surface area (Å²) < 4.78 is 1.93. The average Bonchev–Trinajstić information content (AvgIpc) is 3.46. The fourth-order valence-electron chi connectivity index (χ4n) is 5.32. The number of carbonyl (C=O) groups is 1. The van der Waals surface area contributed by atoms with Crippen LogP contribution < -0.4 is 5.32 Å². The van der Waals surface area contributed by atoms with Gasteiger partial charge in [0.2, 0.25) is 0 Å². The van der Waals surface area contributed by atoms with Gasteiger partial charge >= 0.3 is 0 Å². The molecule has 1 aliphatic carbocycles. The van der Waals surface area contributed by atoms with Gasteiger partial charge in [0.15, 0.2) is 5.69 Å². The molecule has 1 aliphatic rings. The SMILES string of the molecule is Cc1cc(-c2cc(C(=O)NC(C)C3(C)CCC(C(C)C)C3)nn2Cc2ccc(CBr)cc2)ccc1Cl. The summed E-state index contributed by atoms with van der Waals surface area (Å²) in [6.45, 7) is 11.6. The molecule has 1 N–H and O–H groups in total. The highest BCUT2D eigenvalue weighted by Gasteiger charge is 2.41.